The van der Waals surface area contributed by atoms with Gasteiger partial charge in [0.2, 0.25) is 15.5 Å². The Hall–Kier alpha value is -3.76. The Morgan fingerprint density at radius 3 is 2.08 bits per heavy atom. The Kier molecular flexibility index (Phi) is 7.33. The second-order valence-corrected chi connectivity index (χ2v) is 10.2. The topological polar surface area (TPSA) is 113 Å². The highest BCUT2D eigenvalue weighted by atomic mass is 32.2. The van der Waals surface area contributed by atoms with Crippen LogP contribution < -0.4 is 29.1 Å². The molecule has 10 heteroatoms. The summed E-state index contributed by atoms with van der Waals surface area (Å²) in [7, 11) is 1.44. The van der Waals surface area contributed by atoms with Gasteiger partial charge in [0.25, 0.3) is 0 Å². The summed E-state index contributed by atoms with van der Waals surface area (Å²) in [5.74, 6) is 0.746. The molecule has 4 rings (SSSR count). The van der Waals surface area contributed by atoms with Gasteiger partial charge in [0, 0.05) is 18.7 Å². The third kappa shape index (κ3) is 4.82. The zero-order valence-corrected chi connectivity index (χ0v) is 22.4. The van der Waals surface area contributed by atoms with Gasteiger partial charge in [-0.25, -0.2) is 13.1 Å². The number of rotatable bonds is 9. The number of hydrogen-bond donors (Lipinski definition) is 1. The Morgan fingerprint density at radius 1 is 0.811 bits per heavy atom. The smallest absolute Gasteiger partial charge is 0.248 e. The van der Waals surface area contributed by atoms with E-state index < -0.39 is 15.5 Å². The second-order valence-electron chi connectivity index (χ2n) is 8.52. The molecule has 0 aliphatic carbocycles. The van der Waals surface area contributed by atoms with E-state index in [0.29, 0.717) is 17.9 Å². The van der Waals surface area contributed by atoms with Gasteiger partial charge in [-0.1, -0.05) is 18.2 Å². The van der Waals surface area contributed by atoms with Gasteiger partial charge >= 0.3 is 0 Å². The van der Waals surface area contributed by atoms with Gasteiger partial charge in [-0.05, 0) is 43.0 Å². The summed E-state index contributed by atoms with van der Waals surface area (Å²) in [4.78, 5) is 13.3. The zero-order valence-electron chi connectivity index (χ0n) is 21.6. The number of sulfonamides is 1. The van der Waals surface area contributed by atoms with Crippen molar-refractivity contribution in [3.05, 3.63) is 63.3 Å². The molecule has 0 radical (unpaired) electrons. The van der Waals surface area contributed by atoms with Crippen LogP contribution in [0.4, 0.5) is 0 Å². The van der Waals surface area contributed by atoms with Crippen LogP contribution in [-0.4, -0.2) is 43.4 Å². The Labute approximate surface area is 215 Å². The lowest BCUT2D eigenvalue weighted by molar-refractivity contribution is 0.355. The van der Waals surface area contributed by atoms with Crippen molar-refractivity contribution in [3.63, 3.8) is 0 Å². The summed E-state index contributed by atoms with van der Waals surface area (Å²) < 4.78 is 57.3. The van der Waals surface area contributed by atoms with Gasteiger partial charge in [-0.2, -0.15) is 0 Å². The fraction of sp³-hybridized carbons (Fsp3) is 0.296. The molecule has 0 spiro atoms. The van der Waals surface area contributed by atoms with Crippen molar-refractivity contribution in [1.82, 2.24) is 4.72 Å². The van der Waals surface area contributed by atoms with Crippen LogP contribution in [0.25, 0.3) is 21.9 Å². The molecule has 0 atom stereocenters. The highest BCUT2D eigenvalue weighted by Gasteiger charge is 2.29. The Morgan fingerprint density at radius 2 is 1.46 bits per heavy atom. The molecule has 0 bridgehead atoms. The minimum absolute atomic E-state index is 0.0222. The molecule has 1 aromatic heterocycles. The van der Waals surface area contributed by atoms with Crippen molar-refractivity contribution in [3.8, 4) is 23.0 Å². The maximum absolute atomic E-state index is 13.6. The van der Waals surface area contributed by atoms with Crippen LogP contribution in [0.3, 0.4) is 0 Å². The van der Waals surface area contributed by atoms with Crippen molar-refractivity contribution in [2.75, 3.05) is 35.0 Å². The maximum Gasteiger partial charge on any atom is 0.248 e. The first-order chi connectivity index (χ1) is 17.6. The lowest BCUT2D eigenvalue weighted by Crippen LogP contribution is -2.27. The first-order valence-electron chi connectivity index (χ1n) is 11.5. The summed E-state index contributed by atoms with van der Waals surface area (Å²) >= 11 is 0. The van der Waals surface area contributed by atoms with Crippen molar-refractivity contribution in [1.29, 1.82) is 0 Å². The molecule has 3 aromatic carbocycles. The van der Waals surface area contributed by atoms with Crippen LogP contribution in [0.1, 0.15) is 16.7 Å². The predicted octanol–water partition coefficient (Wildman–Crippen LogP) is 4.12. The van der Waals surface area contributed by atoms with E-state index >= 15 is 0 Å². The summed E-state index contributed by atoms with van der Waals surface area (Å²) in [6.07, 6.45) is 0.473. The largest absolute Gasteiger partial charge is 0.496 e. The second kappa shape index (κ2) is 10.3. The number of aryl methyl sites for hydroxylation is 2. The Bertz CT molecular complexity index is 1660. The molecular formula is C27H29NO8S. The first-order valence-corrected chi connectivity index (χ1v) is 13.0. The van der Waals surface area contributed by atoms with Gasteiger partial charge in [-0.15, -0.1) is 0 Å². The van der Waals surface area contributed by atoms with Crippen molar-refractivity contribution in [2.45, 2.75) is 25.2 Å². The summed E-state index contributed by atoms with van der Waals surface area (Å²) in [5, 5.41) is 0.150. The van der Waals surface area contributed by atoms with Crippen LogP contribution >= 0.6 is 0 Å². The molecule has 0 aliphatic rings. The fourth-order valence-corrected chi connectivity index (χ4v) is 5.51. The quantitative estimate of drug-likeness (QED) is 0.324. The number of methoxy groups -OCH3 is 4. The number of benzene rings is 3. The minimum Gasteiger partial charge on any atom is -0.496 e. The highest BCUT2D eigenvalue weighted by molar-refractivity contribution is 7.89. The molecule has 4 aromatic rings. The molecule has 1 heterocycles. The standard InChI is InChI=1S/C27H29NO8S/c1-15-7-8-17(11-16(15)2)9-10-28-37(30,31)27-23(35-6)14-22(34-5)24-25(29)18-12-20(32-3)21(33-4)13-19(18)36-26(24)27/h7-8,11-14,28H,9-10H2,1-6H3. The van der Waals surface area contributed by atoms with E-state index in [9.17, 15) is 13.2 Å². The van der Waals surface area contributed by atoms with E-state index in [0.717, 1.165) is 16.7 Å². The van der Waals surface area contributed by atoms with E-state index in [-0.39, 0.29) is 44.9 Å². The van der Waals surface area contributed by atoms with Gasteiger partial charge in [0.15, 0.2) is 22.0 Å². The third-order valence-electron chi connectivity index (χ3n) is 6.32. The van der Waals surface area contributed by atoms with E-state index in [2.05, 4.69) is 4.72 Å². The summed E-state index contributed by atoms with van der Waals surface area (Å²) in [6, 6.07) is 10.3. The van der Waals surface area contributed by atoms with Crippen LogP contribution in [0.5, 0.6) is 23.0 Å². The molecule has 9 nitrogen and oxygen atoms in total. The predicted molar refractivity (Wildman–Crippen MR) is 141 cm³/mol. The molecular weight excluding hydrogens is 498 g/mol. The molecule has 0 saturated heterocycles. The number of fused-ring (bicyclic) bond motifs is 2. The zero-order chi connectivity index (χ0) is 26.9. The highest BCUT2D eigenvalue weighted by Crippen LogP contribution is 2.40. The van der Waals surface area contributed by atoms with Crippen molar-refractivity contribution < 1.29 is 31.8 Å². The molecule has 0 saturated carbocycles. The SMILES string of the molecule is COc1cc2oc3c(S(=O)(=O)NCCc4ccc(C)c(C)c4)c(OC)cc(OC)c3c(=O)c2cc1OC. The van der Waals surface area contributed by atoms with Crippen LogP contribution in [-0.2, 0) is 16.4 Å². The lowest BCUT2D eigenvalue weighted by Gasteiger charge is -2.16. The van der Waals surface area contributed by atoms with Crippen LogP contribution in [0.15, 0.2) is 50.5 Å². The van der Waals surface area contributed by atoms with Crippen LogP contribution in [0, 0.1) is 13.8 Å². The summed E-state index contributed by atoms with van der Waals surface area (Å²) in [5.41, 5.74) is 2.75. The number of ether oxygens (including phenoxy) is 4. The molecule has 1 N–H and O–H groups in total. The molecule has 0 fully saturated rings. The van der Waals surface area contributed by atoms with E-state index in [4.69, 9.17) is 23.4 Å². The normalized spacial score (nSPS) is 11.6. The van der Waals surface area contributed by atoms with E-state index in [1.54, 1.807) is 0 Å². The lowest BCUT2D eigenvalue weighted by atomic mass is 10.0. The first kappa shape index (κ1) is 26.3. The van der Waals surface area contributed by atoms with Crippen molar-refractivity contribution >= 4 is 32.0 Å². The van der Waals surface area contributed by atoms with Gasteiger partial charge in [0.05, 0.1) is 33.8 Å². The van der Waals surface area contributed by atoms with Gasteiger partial charge in [0.1, 0.15) is 22.5 Å². The monoisotopic (exact) mass is 527 g/mol. The number of nitrogens with one attached hydrogen (secondary N) is 1. The van der Waals surface area contributed by atoms with E-state index in [1.165, 1.54) is 46.6 Å². The summed E-state index contributed by atoms with van der Waals surface area (Å²) in [6.45, 7) is 4.16. The maximum atomic E-state index is 13.6. The molecule has 0 amide bonds. The molecule has 0 unspecified atom stereocenters. The fourth-order valence-electron chi connectivity index (χ4n) is 4.20. The Balaban J connectivity index is 1.88. The van der Waals surface area contributed by atoms with Crippen LogP contribution in [0.2, 0.25) is 0 Å². The number of hydrogen-bond acceptors (Lipinski definition) is 8. The van der Waals surface area contributed by atoms with Gasteiger partial charge in [-0.3, -0.25) is 4.79 Å². The third-order valence-corrected chi connectivity index (χ3v) is 7.83. The average molecular weight is 528 g/mol. The minimum atomic E-state index is -4.18. The van der Waals surface area contributed by atoms with Crippen molar-refractivity contribution in [2.24, 2.45) is 0 Å². The average Bonchev–Trinajstić information content (AvgIpc) is 2.88. The molecule has 37 heavy (non-hydrogen) atoms. The van der Waals surface area contributed by atoms with E-state index in [1.807, 2.05) is 32.0 Å². The molecule has 0 aliphatic heterocycles. The molecule has 196 valence electrons. The van der Waals surface area contributed by atoms with Gasteiger partial charge < -0.3 is 23.4 Å².